The number of nitrogens with zero attached hydrogens (tertiary/aromatic N) is 4. The van der Waals surface area contributed by atoms with Gasteiger partial charge in [0.2, 0.25) is 0 Å². The lowest BCUT2D eigenvalue weighted by Gasteiger charge is -2.27. The van der Waals surface area contributed by atoms with Crippen LogP contribution in [-0.2, 0) is 6.54 Å². The molecule has 2 atom stereocenters. The Morgan fingerprint density at radius 1 is 1.26 bits per heavy atom. The molecule has 0 bridgehead atoms. The third-order valence-electron chi connectivity index (χ3n) is 4.82. The zero-order chi connectivity index (χ0) is 18.2. The lowest BCUT2D eigenvalue weighted by atomic mass is 10.2. The van der Waals surface area contributed by atoms with Gasteiger partial charge < -0.3 is 10.6 Å². The molecule has 3 heterocycles. The van der Waals surface area contributed by atoms with Crippen LogP contribution in [0.5, 0.6) is 0 Å². The largest absolute Gasteiger partial charge is 0.356 e. The van der Waals surface area contributed by atoms with E-state index in [0.717, 1.165) is 25.6 Å². The summed E-state index contributed by atoms with van der Waals surface area (Å²) in [5.41, 5.74) is 0. The van der Waals surface area contributed by atoms with E-state index in [-0.39, 0.29) is 24.0 Å². The van der Waals surface area contributed by atoms with Gasteiger partial charge in [0.25, 0.3) is 0 Å². The van der Waals surface area contributed by atoms with Gasteiger partial charge in [0.05, 0.1) is 6.04 Å². The fourth-order valence-electron chi connectivity index (χ4n) is 3.42. The smallest absolute Gasteiger partial charge is 0.191 e. The van der Waals surface area contributed by atoms with Crippen molar-refractivity contribution < 1.29 is 0 Å². The highest BCUT2D eigenvalue weighted by atomic mass is 127. The summed E-state index contributed by atoms with van der Waals surface area (Å²) in [6.45, 7) is 7.26. The Kier molecular flexibility index (Phi) is 9.57. The second-order valence-corrected chi connectivity index (χ2v) is 7.92. The predicted octanol–water partition coefficient (Wildman–Crippen LogP) is 3.20. The molecular weight excluding hydrogens is 471 g/mol. The lowest BCUT2D eigenvalue weighted by Crippen LogP contribution is -2.44. The zero-order valence-corrected chi connectivity index (χ0v) is 19.3. The molecule has 2 aromatic heterocycles. The Balaban J connectivity index is 0.00000261. The average Bonchev–Trinajstić information content (AvgIpc) is 3.41. The van der Waals surface area contributed by atoms with Crippen molar-refractivity contribution in [2.24, 2.45) is 10.9 Å². The first-order chi connectivity index (χ1) is 12.8. The maximum atomic E-state index is 4.39. The zero-order valence-electron chi connectivity index (χ0n) is 16.2. The van der Waals surface area contributed by atoms with E-state index in [1.54, 1.807) is 0 Å². The molecule has 0 spiro atoms. The van der Waals surface area contributed by atoms with E-state index in [2.05, 4.69) is 50.1 Å². The Bertz CT molecular complexity index is 652. The SMILES string of the molecule is CN=C(NCC(C)Cn1cccn1)NCC(c1cccs1)N1CCCC1.I. The molecular formula is C19H31IN6S. The Labute approximate surface area is 183 Å². The van der Waals surface area contributed by atoms with Crippen LogP contribution < -0.4 is 10.6 Å². The number of aliphatic imine (C=N–C) groups is 1. The summed E-state index contributed by atoms with van der Waals surface area (Å²) in [7, 11) is 1.84. The summed E-state index contributed by atoms with van der Waals surface area (Å²) in [5, 5.41) is 13.4. The molecule has 0 aromatic carbocycles. The molecule has 8 heteroatoms. The average molecular weight is 502 g/mol. The van der Waals surface area contributed by atoms with Crippen molar-refractivity contribution >= 4 is 41.3 Å². The van der Waals surface area contributed by atoms with Crippen LogP contribution in [-0.4, -0.2) is 53.9 Å². The number of guanidine groups is 1. The summed E-state index contributed by atoms with van der Waals surface area (Å²) in [6.07, 6.45) is 6.44. The van der Waals surface area contributed by atoms with Gasteiger partial charge in [0, 0.05) is 44.0 Å². The topological polar surface area (TPSA) is 57.5 Å². The highest BCUT2D eigenvalue weighted by Gasteiger charge is 2.24. The first-order valence-electron chi connectivity index (χ1n) is 9.45. The van der Waals surface area contributed by atoms with E-state index in [0.29, 0.717) is 12.0 Å². The maximum absolute atomic E-state index is 4.39. The fraction of sp³-hybridized carbons (Fsp3) is 0.579. The number of hydrogen-bond acceptors (Lipinski definition) is 4. The molecule has 0 amide bonds. The van der Waals surface area contributed by atoms with E-state index in [4.69, 9.17) is 0 Å². The lowest BCUT2D eigenvalue weighted by molar-refractivity contribution is 0.249. The summed E-state index contributed by atoms with van der Waals surface area (Å²) in [5.74, 6) is 1.35. The highest BCUT2D eigenvalue weighted by Crippen LogP contribution is 2.27. The van der Waals surface area contributed by atoms with Crippen molar-refractivity contribution in [2.75, 3.05) is 33.2 Å². The number of likely N-dealkylation sites (tertiary alicyclic amines) is 1. The molecule has 1 saturated heterocycles. The van der Waals surface area contributed by atoms with Crippen LogP contribution in [0.4, 0.5) is 0 Å². The van der Waals surface area contributed by atoms with E-state index in [1.807, 2.05) is 41.5 Å². The van der Waals surface area contributed by atoms with Gasteiger partial charge in [-0.2, -0.15) is 5.10 Å². The van der Waals surface area contributed by atoms with Crippen LogP contribution >= 0.6 is 35.3 Å². The standard InChI is InChI=1S/C19H30N6S.HI/c1-16(15-25-11-6-8-23-25)13-21-19(20-2)22-14-17(18-7-5-12-26-18)24-9-3-4-10-24;/h5-8,11-12,16-17H,3-4,9-10,13-15H2,1-2H3,(H2,20,21,22);1H. The highest BCUT2D eigenvalue weighted by molar-refractivity contribution is 14.0. The number of hydrogen-bond donors (Lipinski definition) is 2. The van der Waals surface area contributed by atoms with Crippen LogP contribution in [0.15, 0.2) is 41.0 Å². The molecule has 27 heavy (non-hydrogen) atoms. The number of thiophene rings is 1. The van der Waals surface area contributed by atoms with Gasteiger partial charge in [-0.05, 0) is 49.4 Å². The predicted molar refractivity (Wildman–Crippen MR) is 124 cm³/mol. The molecule has 2 N–H and O–H groups in total. The van der Waals surface area contributed by atoms with E-state index in [1.165, 1.54) is 30.8 Å². The van der Waals surface area contributed by atoms with Crippen LogP contribution in [0.1, 0.15) is 30.7 Å². The first-order valence-corrected chi connectivity index (χ1v) is 10.3. The minimum Gasteiger partial charge on any atom is -0.356 e. The first kappa shape index (κ1) is 22.2. The van der Waals surface area contributed by atoms with Crippen molar-refractivity contribution in [1.29, 1.82) is 0 Å². The molecule has 3 rings (SSSR count). The summed E-state index contributed by atoms with van der Waals surface area (Å²) in [6, 6.07) is 6.78. The molecule has 150 valence electrons. The van der Waals surface area contributed by atoms with Crippen LogP contribution in [0.3, 0.4) is 0 Å². The van der Waals surface area contributed by atoms with E-state index in [9.17, 15) is 0 Å². The van der Waals surface area contributed by atoms with Crippen LogP contribution in [0, 0.1) is 5.92 Å². The third-order valence-corrected chi connectivity index (χ3v) is 5.79. The Morgan fingerprint density at radius 2 is 2.04 bits per heavy atom. The Hall–Kier alpha value is -1.13. The van der Waals surface area contributed by atoms with Crippen LogP contribution in [0.2, 0.25) is 0 Å². The number of nitrogens with one attached hydrogen (secondary N) is 2. The molecule has 0 saturated carbocycles. The molecule has 1 aliphatic rings. The fourth-order valence-corrected chi connectivity index (χ4v) is 4.28. The van der Waals surface area contributed by atoms with Crippen molar-refractivity contribution in [3.05, 3.63) is 40.8 Å². The van der Waals surface area contributed by atoms with E-state index >= 15 is 0 Å². The molecule has 1 fully saturated rings. The number of aromatic nitrogens is 2. The van der Waals surface area contributed by atoms with Crippen molar-refractivity contribution in [3.63, 3.8) is 0 Å². The van der Waals surface area contributed by atoms with Gasteiger partial charge >= 0.3 is 0 Å². The van der Waals surface area contributed by atoms with Crippen molar-refractivity contribution in [3.8, 4) is 0 Å². The molecule has 2 unspecified atom stereocenters. The monoisotopic (exact) mass is 502 g/mol. The quantitative estimate of drug-likeness (QED) is 0.331. The van der Waals surface area contributed by atoms with Crippen molar-refractivity contribution in [2.45, 2.75) is 32.4 Å². The molecule has 0 aliphatic carbocycles. The van der Waals surface area contributed by atoms with Gasteiger partial charge in [-0.1, -0.05) is 13.0 Å². The van der Waals surface area contributed by atoms with E-state index < -0.39 is 0 Å². The van der Waals surface area contributed by atoms with Gasteiger partial charge in [0.1, 0.15) is 0 Å². The maximum Gasteiger partial charge on any atom is 0.191 e. The normalized spacial score (nSPS) is 17.3. The third kappa shape index (κ3) is 6.76. The minimum atomic E-state index is 0. The van der Waals surface area contributed by atoms with Gasteiger partial charge in [0.15, 0.2) is 5.96 Å². The summed E-state index contributed by atoms with van der Waals surface area (Å²) < 4.78 is 1.97. The second kappa shape index (κ2) is 11.7. The second-order valence-electron chi connectivity index (χ2n) is 6.94. The minimum absolute atomic E-state index is 0. The Morgan fingerprint density at radius 3 is 2.67 bits per heavy atom. The summed E-state index contributed by atoms with van der Waals surface area (Å²) in [4.78, 5) is 8.42. The summed E-state index contributed by atoms with van der Waals surface area (Å²) >= 11 is 1.85. The van der Waals surface area contributed by atoms with Crippen molar-refractivity contribution in [1.82, 2.24) is 25.3 Å². The number of halogens is 1. The molecule has 0 radical (unpaired) electrons. The number of rotatable bonds is 8. The van der Waals surface area contributed by atoms with Gasteiger partial charge in [-0.15, -0.1) is 35.3 Å². The van der Waals surface area contributed by atoms with Gasteiger partial charge in [-0.3, -0.25) is 14.6 Å². The van der Waals surface area contributed by atoms with Crippen LogP contribution in [0.25, 0.3) is 0 Å². The molecule has 1 aliphatic heterocycles. The molecule has 6 nitrogen and oxygen atoms in total. The van der Waals surface area contributed by atoms with Gasteiger partial charge in [-0.25, -0.2) is 0 Å². The molecule has 2 aromatic rings.